The van der Waals surface area contributed by atoms with Gasteiger partial charge < -0.3 is 9.47 Å². The van der Waals surface area contributed by atoms with Crippen molar-refractivity contribution >= 4 is 12.1 Å². The standard InChI is InChI=1S/C17H16N2O3/c1-12-6-8-13(9-7-12)10-18-19-17(20)16-11-21-14-4-2-3-5-15(14)22-16/h2-10,16H,11H2,1H3,(H,19,20)/b18-10+/t16-/m1/s1. The molecular weight excluding hydrogens is 280 g/mol. The number of hydrogen-bond donors (Lipinski definition) is 1. The van der Waals surface area contributed by atoms with Crippen molar-refractivity contribution in [3.63, 3.8) is 0 Å². The second kappa shape index (κ2) is 6.30. The van der Waals surface area contributed by atoms with Crippen molar-refractivity contribution in [3.05, 3.63) is 59.7 Å². The minimum atomic E-state index is -0.704. The van der Waals surface area contributed by atoms with Crippen LogP contribution in [0.5, 0.6) is 11.5 Å². The number of nitrogens with one attached hydrogen (secondary N) is 1. The number of carbonyl (C=O) groups is 1. The van der Waals surface area contributed by atoms with E-state index in [0.29, 0.717) is 11.5 Å². The molecule has 3 rings (SSSR count). The van der Waals surface area contributed by atoms with Gasteiger partial charge in [0.15, 0.2) is 11.5 Å². The van der Waals surface area contributed by atoms with Crippen molar-refractivity contribution in [1.29, 1.82) is 0 Å². The number of hydrazone groups is 1. The zero-order valence-electron chi connectivity index (χ0n) is 12.2. The van der Waals surface area contributed by atoms with Crippen LogP contribution in [-0.4, -0.2) is 24.8 Å². The van der Waals surface area contributed by atoms with Crippen LogP contribution in [0.15, 0.2) is 53.6 Å². The predicted molar refractivity (Wildman–Crippen MR) is 83.3 cm³/mol. The van der Waals surface area contributed by atoms with Crippen LogP contribution in [0.3, 0.4) is 0 Å². The molecule has 0 saturated heterocycles. The zero-order valence-corrected chi connectivity index (χ0v) is 12.2. The van der Waals surface area contributed by atoms with Gasteiger partial charge in [0.1, 0.15) is 6.61 Å². The number of aryl methyl sites for hydroxylation is 1. The molecule has 1 N–H and O–H groups in total. The summed E-state index contributed by atoms with van der Waals surface area (Å²) >= 11 is 0. The summed E-state index contributed by atoms with van der Waals surface area (Å²) < 4.78 is 11.1. The van der Waals surface area contributed by atoms with Gasteiger partial charge >= 0.3 is 0 Å². The Balaban J connectivity index is 1.58. The first-order chi connectivity index (χ1) is 10.7. The Kier molecular flexibility index (Phi) is 4.05. The average molecular weight is 296 g/mol. The number of rotatable bonds is 3. The van der Waals surface area contributed by atoms with Gasteiger partial charge in [0, 0.05) is 0 Å². The molecule has 0 spiro atoms. The molecule has 0 aliphatic carbocycles. The van der Waals surface area contributed by atoms with E-state index in [1.165, 1.54) is 5.56 Å². The number of para-hydroxylation sites is 2. The van der Waals surface area contributed by atoms with Crippen molar-refractivity contribution < 1.29 is 14.3 Å². The average Bonchev–Trinajstić information content (AvgIpc) is 2.56. The number of benzene rings is 2. The highest BCUT2D eigenvalue weighted by atomic mass is 16.6. The molecule has 0 bridgehead atoms. The summed E-state index contributed by atoms with van der Waals surface area (Å²) in [6, 6.07) is 15.1. The van der Waals surface area contributed by atoms with Crippen LogP contribution in [0.2, 0.25) is 0 Å². The highest BCUT2D eigenvalue weighted by Gasteiger charge is 2.26. The van der Waals surface area contributed by atoms with Gasteiger partial charge in [-0.2, -0.15) is 5.10 Å². The van der Waals surface area contributed by atoms with Gasteiger partial charge in [0.05, 0.1) is 6.21 Å². The molecule has 0 unspecified atom stereocenters. The van der Waals surface area contributed by atoms with Crippen LogP contribution in [0.1, 0.15) is 11.1 Å². The first-order valence-electron chi connectivity index (χ1n) is 7.00. The fourth-order valence-corrected chi connectivity index (χ4v) is 2.04. The normalized spacial score (nSPS) is 16.5. The molecule has 0 radical (unpaired) electrons. The Labute approximate surface area is 128 Å². The van der Waals surface area contributed by atoms with Crippen LogP contribution in [0, 0.1) is 6.92 Å². The van der Waals surface area contributed by atoms with Crippen LogP contribution < -0.4 is 14.9 Å². The third-order valence-corrected chi connectivity index (χ3v) is 3.27. The highest BCUT2D eigenvalue weighted by Crippen LogP contribution is 2.30. The monoisotopic (exact) mass is 296 g/mol. The van der Waals surface area contributed by atoms with Crippen LogP contribution in [-0.2, 0) is 4.79 Å². The Morgan fingerprint density at radius 3 is 2.68 bits per heavy atom. The molecule has 0 aromatic heterocycles. The maximum atomic E-state index is 12.0. The number of nitrogens with zero attached hydrogens (tertiary/aromatic N) is 1. The molecule has 5 heteroatoms. The number of ether oxygens (including phenoxy) is 2. The maximum absolute atomic E-state index is 12.0. The van der Waals surface area contributed by atoms with E-state index in [2.05, 4.69) is 10.5 Å². The number of hydrogen-bond acceptors (Lipinski definition) is 4. The molecule has 22 heavy (non-hydrogen) atoms. The SMILES string of the molecule is Cc1ccc(/C=N/NC(=O)[C@H]2COc3ccccc3O2)cc1. The van der Waals surface area contributed by atoms with E-state index in [1.807, 2.05) is 43.3 Å². The second-order valence-electron chi connectivity index (χ2n) is 5.01. The summed E-state index contributed by atoms with van der Waals surface area (Å²) in [5, 5.41) is 3.94. The predicted octanol–water partition coefficient (Wildman–Crippen LogP) is 2.29. The molecule has 1 amide bonds. The number of fused-ring (bicyclic) bond motifs is 1. The molecule has 1 aliphatic rings. The van der Waals surface area contributed by atoms with Gasteiger partial charge in [-0.15, -0.1) is 0 Å². The fourth-order valence-electron chi connectivity index (χ4n) is 2.04. The van der Waals surface area contributed by atoms with Gasteiger partial charge in [-0.3, -0.25) is 4.79 Å². The fraction of sp³-hybridized carbons (Fsp3) is 0.176. The molecule has 5 nitrogen and oxygen atoms in total. The summed E-state index contributed by atoms with van der Waals surface area (Å²) in [5.41, 5.74) is 4.56. The molecule has 1 atom stereocenters. The minimum Gasteiger partial charge on any atom is -0.485 e. The van der Waals surface area contributed by atoms with Crippen LogP contribution in [0.25, 0.3) is 0 Å². The van der Waals surface area contributed by atoms with Crippen molar-refractivity contribution in [1.82, 2.24) is 5.43 Å². The Bertz CT molecular complexity index is 695. The quantitative estimate of drug-likeness (QED) is 0.698. The molecule has 2 aromatic rings. The molecule has 2 aromatic carbocycles. The molecule has 112 valence electrons. The zero-order chi connectivity index (χ0) is 15.4. The van der Waals surface area contributed by atoms with E-state index < -0.39 is 6.10 Å². The topological polar surface area (TPSA) is 59.9 Å². The number of amides is 1. The smallest absolute Gasteiger partial charge is 0.284 e. The third-order valence-electron chi connectivity index (χ3n) is 3.27. The lowest BCUT2D eigenvalue weighted by Gasteiger charge is -2.24. The van der Waals surface area contributed by atoms with Gasteiger partial charge in [0.25, 0.3) is 5.91 Å². The van der Waals surface area contributed by atoms with E-state index in [9.17, 15) is 4.79 Å². The lowest BCUT2D eigenvalue weighted by Crippen LogP contribution is -2.42. The van der Waals surface area contributed by atoms with Crippen LogP contribution in [0.4, 0.5) is 0 Å². The Morgan fingerprint density at radius 2 is 1.91 bits per heavy atom. The molecule has 0 fully saturated rings. The molecular formula is C17H16N2O3. The van der Waals surface area contributed by atoms with Crippen molar-refractivity contribution in [2.24, 2.45) is 5.10 Å². The summed E-state index contributed by atoms with van der Waals surface area (Å²) in [6.45, 7) is 2.18. The first kappa shape index (κ1) is 14.1. The molecule has 0 saturated carbocycles. The Morgan fingerprint density at radius 1 is 1.18 bits per heavy atom. The van der Waals surface area contributed by atoms with Crippen molar-refractivity contribution in [2.45, 2.75) is 13.0 Å². The minimum absolute atomic E-state index is 0.170. The largest absolute Gasteiger partial charge is 0.485 e. The summed E-state index contributed by atoms with van der Waals surface area (Å²) in [4.78, 5) is 12.0. The lowest BCUT2D eigenvalue weighted by molar-refractivity contribution is -0.130. The molecule has 1 heterocycles. The van der Waals surface area contributed by atoms with Gasteiger partial charge in [-0.05, 0) is 24.6 Å². The Hall–Kier alpha value is -2.82. The second-order valence-corrected chi connectivity index (χ2v) is 5.01. The van der Waals surface area contributed by atoms with E-state index >= 15 is 0 Å². The summed E-state index contributed by atoms with van der Waals surface area (Å²) in [6.07, 6.45) is 0.889. The van der Waals surface area contributed by atoms with E-state index in [0.717, 1.165) is 5.56 Å². The van der Waals surface area contributed by atoms with E-state index in [4.69, 9.17) is 9.47 Å². The van der Waals surface area contributed by atoms with Gasteiger partial charge in [0.2, 0.25) is 6.10 Å². The maximum Gasteiger partial charge on any atom is 0.284 e. The summed E-state index contributed by atoms with van der Waals surface area (Å²) in [7, 11) is 0. The van der Waals surface area contributed by atoms with Crippen LogP contribution >= 0.6 is 0 Å². The third kappa shape index (κ3) is 3.25. The van der Waals surface area contributed by atoms with Crippen molar-refractivity contribution in [3.8, 4) is 11.5 Å². The van der Waals surface area contributed by atoms with Crippen molar-refractivity contribution in [2.75, 3.05) is 6.61 Å². The summed E-state index contributed by atoms with van der Waals surface area (Å²) in [5.74, 6) is 0.879. The van der Waals surface area contributed by atoms with Gasteiger partial charge in [-0.1, -0.05) is 42.0 Å². The lowest BCUT2D eigenvalue weighted by atomic mass is 10.2. The van der Waals surface area contributed by atoms with E-state index in [-0.39, 0.29) is 12.5 Å². The highest BCUT2D eigenvalue weighted by molar-refractivity contribution is 5.84. The van der Waals surface area contributed by atoms with E-state index in [1.54, 1.807) is 18.3 Å². The molecule has 1 aliphatic heterocycles. The number of carbonyl (C=O) groups excluding carboxylic acids is 1. The first-order valence-corrected chi connectivity index (χ1v) is 7.00. The van der Waals surface area contributed by atoms with Gasteiger partial charge in [-0.25, -0.2) is 5.43 Å².